The van der Waals surface area contributed by atoms with Gasteiger partial charge >= 0.3 is 12.0 Å². The maximum absolute atomic E-state index is 12.2. The number of carbonyl (C=O) groups excluding carboxylic acids is 1. The second-order valence-corrected chi connectivity index (χ2v) is 6.12. The maximum atomic E-state index is 12.2. The molecule has 0 saturated carbocycles. The number of nitrogens with two attached hydrogens (primary N) is 2. The Morgan fingerprint density at radius 1 is 1.26 bits per heavy atom. The Bertz CT molecular complexity index is 595. The molecule has 12 heteroatoms. The number of nitrogens with one attached hydrogen (secondary N) is 2. The van der Waals surface area contributed by atoms with E-state index in [1.165, 1.54) is 6.92 Å². The fraction of sp³-hybridized carbons (Fsp3) is 0.733. The molecule has 9 N–H and O–H groups in total. The summed E-state index contributed by atoms with van der Waals surface area (Å²) in [5, 5.41) is 35.9. The SMILES string of the molecule is CC(O)[C@H](NC(=O)N[C@@H](CCCCN)c1nc([C@@H](N)CCO)no1)C(=O)O. The van der Waals surface area contributed by atoms with Gasteiger partial charge in [0.1, 0.15) is 6.04 Å². The van der Waals surface area contributed by atoms with Crippen LogP contribution in [-0.2, 0) is 4.79 Å². The number of amides is 2. The minimum absolute atomic E-state index is 0.106. The number of aromatic nitrogens is 2. The molecular weight excluding hydrogens is 360 g/mol. The Kier molecular flexibility index (Phi) is 9.64. The van der Waals surface area contributed by atoms with Gasteiger partial charge in [-0.3, -0.25) is 0 Å². The Hall–Kier alpha value is -2.28. The molecule has 4 atom stereocenters. The zero-order valence-corrected chi connectivity index (χ0v) is 15.2. The van der Waals surface area contributed by atoms with E-state index in [2.05, 4.69) is 20.8 Å². The number of nitrogens with zero attached hydrogens (tertiary/aromatic N) is 2. The van der Waals surface area contributed by atoms with Gasteiger partial charge in [-0.05, 0) is 39.2 Å². The summed E-state index contributed by atoms with van der Waals surface area (Å²) < 4.78 is 5.16. The molecule has 1 aromatic heterocycles. The first-order chi connectivity index (χ1) is 12.8. The Balaban J connectivity index is 2.84. The van der Waals surface area contributed by atoms with Gasteiger partial charge in [-0.1, -0.05) is 5.16 Å². The molecule has 1 rings (SSSR count). The molecule has 0 aliphatic rings. The van der Waals surface area contributed by atoms with Crippen LogP contribution in [0.2, 0.25) is 0 Å². The van der Waals surface area contributed by atoms with E-state index in [4.69, 9.17) is 26.2 Å². The smallest absolute Gasteiger partial charge is 0.328 e. The summed E-state index contributed by atoms with van der Waals surface area (Å²) in [5.74, 6) is -1.07. The van der Waals surface area contributed by atoms with Crippen LogP contribution in [0.15, 0.2) is 4.52 Å². The van der Waals surface area contributed by atoms with Gasteiger partial charge in [0, 0.05) is 6.61 Å². The van der Waals surface area contributed by atoms with Gasteiger partial charge in [0.15, 0.2) is 11.9 Å². The number of urea groups is 1. The summed E-state index contributed by atoms with van der Waals surface area (Å²) in [7, 11) is 0. The number of unbranched alkanes of at least 4 members (excludes halogenated alkanes) is 1. The van der Waals surface area contributed by atoms with Crippen LogP contribution < -0.4 is 22.1 Å². The molecule has 1 aromatic rings. The summed E-state index contributed by atoms with van der Waals surface area (Å²) >= 11 is 0. The zero-order chi connectivity index (χ0) is 20.4. The van der Waals surface area contributed by atoms with E-state index in [1.807, 2.05) is 0 Å². The van der Waals surface area contributed by atoms with Crippen molar-refractivity contribution in [2.24, 2.45) is 11.5 Å². The van der Waals surface area contributed by atoms with Crippen molar-refractivity contribution in [1.29, 1.82) is 0 Å². The number of rotatable bonds is 12. The molecule has 0 aliphatic carbocycles. The van der Waals surface area contributed by atoms with Crippen LogP contribution in [0.1, 0.15) is 56.4 Å². The van der Waals surface area contributed by atoms with Crippen molar-refractivity contribution in [3.05, 3.63) is 11.7 Å². The number of aliphatic hydroxyl groups excluding tert-OH is 2. The van der Waals surface area contributed by atoms with Crippen LogP contribution in [0.4, 0.5) is 4.79 Å². The first-order valence-corrected chi connectivity index (χ1v) is 8.68. The van der Waals surface area contributed by atoms with Crippen LogP contribution >= 0.6 is 0 Å². The van der Waals surface area contributed by atoms with Crippen LogP contribution in [-0.4, -0.2) is 62.8 Å². The van der Waals surface area contributed by atoms with Crippen LogP contribution in [0.3, 0.4) is 0 Å². The second-order valence-electron chi connectivity index (χ2n) is 6.12. The van der Waals surface area contributed by atoms with Gasteiger partial charge in [0.05, 0.1) is 12.1 Å². The number of carboxylic acid groups (broad SMARTS) is 1. The lowest BCUT2D eigenvalue weighted by Gasteiger charge is -2.20. The molecule has 0 aliphatic heterocycles. The molecule has 2 amide bonds. The Labute approximate surface area is 156 Å². The number of aliphatic hydroxyl groups is 2. The summed E-state index contributed by atoms with van der Waals surface area (Å²) in [6.45, 7) is 1.59. The van der Waals surface area contributed by atoms with Crippen molar-refractivity contribution < 1.29 is 29.4 Å². The molecular formula is C15H28N6O6. The lowest BCUT2D eigenvalue weighted by Crippen LogP contribution is -2.51. The number of hydrogen-bond acceptors (Lipinski definition) is 9. The fourth-order valence-electron chi connectivity index (χ4n) is 2.29. The minimum Gasteiger partial charge on any atom is -0.480 e. The lowest BCUT2D eigenvalue weighted by molar-refractivity contribution is -0.141. The molecule has 1 unspecified atom stereocenters. The average molecular weight is 388 g/mol. The zero-order valence-electron chi connectivity index (χ0n) is 15.2. The first kappa shape index (κ1) is 22.8. The summed E-state index contributed by atoms with van der Waals surface area (Å²) in [4.78, 5) is 27.4. The second kappa shape index (κ2) is 11.4. The number of carbonyl (C=O) groups is 2. The van der Waals surface area contributed by atoms with Crippen LogP contribution in [0, 0.1) is 0 Å². The van der Waals surface area contributed by atoms with Crippen molar-refractivity contribution in [3.63, 3.8) is 0 Å². The van der Waals surface area contributed by atoms with Gasteiger partial charge in [0.25, 0.3) is 0 Å². The largest absolute Gasteiger partial charge is 0.480 e. The third-order valence-electron chi connectivity index (χ3n) is 3.81. The highest BCUT2D eigenvalue weighted by atomic mass is 16.5. The van der Waals surface area contributed by atoms with Crippen molar-refractivity contribution in [3.8, 4) is 0 Å². The molecule has 0 radical (unpaired) electrons. The van der Waals surface area contributed by atoms with E-state index in [9.17, 15) is 14.7 Å². The highest BCUT2D eigenvalue weighted by Gasteiger charge is 2.28. The predicted octanol–water partition coefficient (Wildman–Crippen LogP) is -1.24. The van der Waals surface area contributed by atoms with E-state index in [0.717, 1.165) is 0 Å². The molecule has 1 heterocycles. The summed E-state index contributed by atoms with van der Waals surface area (Å²) in [6, 6.07) is -3.58. The molecule has 0 bridgehead atoms. The Morgan fingerprint density at radius 3 is 2.52 bits per heavy atom. The van der Waals surface area contributed by atoms with Crippen LogP contribution in [0.5, 0.6) is 0 Å². The standard InChI is InChI=1S/C15H28N6O6/c1-8(23)11(14(24)25)19-15(26)18-10(4-2-3-6-16)13-20-12(21-27-13)9(17)5-7-22/h8-11,22-23H,2-7,16-17H2,1H3,(H,24,25)(H2,18,19,26)/t8?,9-,10-,11-/m0/s1. The molecule has 27 heavy (non-hydrogen) atoms. The first-order valence-electron chi connectivity index (χ1n) is 8.68. The quantitative estimate of drug-likeness (QED) is 0.211. The van der Waals surface area contributed by atoms with Crippen molar-refractivity contribution >= 4 is 12.0 Å². The third kappa shape index (κ3) is 7.46. The Morgan fingerprint density at radius 2 is 1.96 bits per heavy atom. The van der Waals surface area contributed by atoms with E-state index in [0.29, 0.717) is 25.8 Å². The maximum Gasteiger partial charge on any atom is 0.328 e. The molecule has 0 spiro atoms. The normalized spacial score (nSPS) is 15.6. The monoisotopic (exact) mass is 388 g/mol. The molecule has 0 saturated heterocycles. The van der Waals surface area contributed by atoms with Gasteiger partial charge in [-0.15, -0.1) is 0 Å². The highest BCUT2D eigenvalue weighted by molar-refractivity contribution is 5.83. The topological polar surface area (TPSA) is 210 Å². The minimum atomic E-state index is -1.47. The average Bonchev–Trinajstić information content (AvgIpc) is 3.08. The number of carboxylic acids is 1. The van der Waals surface area contributed by atoms with Crippen molar-refractivity contribution in [2.75, 3.05) is 13.2 Å². The summed E-state index contributed by atoms with van der Waals surface area (Å²) in [6.07, 6.45) is 0.750. The molecule has 0 fully saturated rings. The van der Waals surface area contributed by atoms with Gasteiger partial charge in [0.2, 0.25) is 5.89 Å². The third-order valence-corrected chi connectivity index (χ3v) is 3.81. The van der Waals surface area contributed by atoms with E-state index < -0.39 is 36.2 Å². The highest BCUT2D eigenvalue weighted by Crippen LogP contribution is 2.20. The number of aliphatic carboxylic acids is 1. The van der Waals surface area contributed by atoms with E-state index in [1.54, 1.807) is 0 Å². The predicted molar refractivity (Wildman–Crippen MR) is 93.3 cm³/mol. The molecule has 0 aromatic carbocycles. The fourth-order valence-corrected chi connectivity index (χ4v) is 2.29. The molecule has 154 valence electrons. The van der Waals surface area contributed by atoms with Crippen molar-refractivity contribution in [2.45, 2.75) is 56.8 Å². The lowest BCUT2D eigenvalue weighted by atomic mass is 10.1. The van der Waals surface area contributed by atoms with Crippen LogP contribution in [0.25, 0.3) is 0 Å². The van der Waals surface area contributed by atoms with Crippen molar-refractivity contribution in [1.82, 2.24) is 20.8 Å². The van der Waals surface area contributed by atoms with Gasteiger partial charge < -0.3 is 41.9 Å². The van der Waals surface area contributed by atoms with Gasteiger partial charge in [-0.25, -0.2) is 9.59 Å². The van der Waals surface area contributed by atoms with E-state index in [-0.39, 0.29) is 24.7 Å². The van der Waals surface area contributed by atoms with E-state index >= 15 is 0 Å². The molecule has 12 nitrogen and oxygen atoms in total. The van der Waals surface area contributed by atoms with Gasteiger partial charge in [-0.2, -0.15) is 4.98 Å². The summed E-state index contributed by atoms with van der Waals surface area (Å²) in [5.41, 5.74) is 11.3. The number of hydrogen-bond donors (Lipinski definition) is 7.